The fourth-order valence-corrected chi connectivity index (χ4v) is 1.51. The van der Waals surface area contributed by atoms with Gasteiger partial charge in [-0.1, -0.05) is 13.5 Å². The maximum absolute atomic E-state index is 11.4. The van der Waals surface area contributed by atoms with Crippen LogP contribution in [0.25, 0.3) is 0 Å². The molecule has 7 heteroatoms. The molecule has 0 heterocycles. The third-order valence-corrected chi connectivity index (χ3v) is 2.93. The Hall–Kier alpha value is -2.05. The number of carbonyl (C=O) groups is 3. The van der Waals surface area contributed by atoms with Gasteiger partial charge in [0.1, 0.15) is 19.8 Å². The van der Waals surface area contributed by atoms with Crippen molar-refractivity contribution < 1.29 is 28.6 Å². The Morgan fingerprint density at radius 1 is 1.14 bits per heavy atom. The van der Waals surface area contributed by atoms with Crippen LogP contribution in [0, 0.1) is 11.8 Å². The summed E-state index contributed by atoms with van der Waals surface area (Å²) in [6.45, 7) is 7.14. The first-order chi connectivity index (χ1) is 9.91. The second kappa shape index (κ2) is 8.28. The number of ether oxygens (including phenoxy) is 3. The molecule has 0 spiro atoms. The predicted octanol–water partition coefficient (Wildman–Crippen LogP) is 1.03. The van der Waals surface area contributed by atoms with Crippen LogP contribution in [0.4, 0.5) is 4.79 Å². The Morgan fingerprint density at radius 3 is 2.33 bits per heavy atom. The van der Waals surface area contributed by atoms with E-state index in [1.54, 1.807) is 0 Å². The average molecular weight is 299 g/mol. The van der Waals surface area contributed by atoms with Gasteiger partial charge >= 0.3 is 18.0 Å². The zero-order valence-corrected chi connectivity index (χ0v) is 12.3. The van der Waals surface area contributed by atoms with Gasteiger partial charge in [0, 0.05) is 5.57 Å². The number of nitrogens with one attached hydrogen (secondary N) is 1. The molecule has 0 radical (unpaired) electrons. The topological polar surface area (TPSA) is 90.9 Å². The number of carbonyl (C=O) groups excluding carboxylic acids is 3. The summed E-state index contributed by atoms with van der Waals surface area (Å²) in [5.74, 6) is -0.332. The van der Waals surface area contributed by atoms with Crippen LogP contribution in [0.15, 0.2) is 12.2 Å². The summed E-state index contributed by atoms with van der Waals surface area (Å²) in [4.78, 5) is 33.6. The highest BCUT2D eigenvalue weighted by Crippen LogP contribution is 2.38. The summed E-state index contributed by atoms with van der Waals surface area (Å²) < 4.78 is 14.5. The van der Waals surface area contributed by atoms with Crippen LogP contribution in [0.1, 0.15) is 20.3 Å². The number of hydrogen-bond donors (Lipinski definition) is 1. The second-order valence-electron chi connectivity index (χ2n) is 4.97. The van der Waals surface area contributed by atoms with Gasteiger partial charge in [0.2, 0.25) is 0 Å². The number of alkyl carbamates (subject to hydrolysis) is 1. The van der Waals surface area contributed by atoms with Gasteiger partial charge in [0.15, 0.2) is 0 Å². The molecular weight excluding hydrogens is 278 g/mol. The third kappa shape index (κ3) is 6.78. The number of esters is 2. The van der Waals surface area contributed by atoms with Crippen molar-refractivity contribution in [1.82, 2.24) is 5.32 Å². The lowest BCUT2D eigenvalue weighted by molar-refractivity contribution is -0.145. The highest BCUT2D eigenvalue weighted by Gasteiger charge is 2.40. The molecule has 2 unspecified atom stereocenters. The molecule has 1 N–H and O–H groups in total. The van der Waals surface area contributed by atoms with Crippen LogP contribution in [0.3, 0.4) is 0 Å². The van der Waals surface area contributed by atoms with E-state index in [0.29, 0.717) is 5.92 Å². The van der Waals surface area contributed by atoms with E-state index in [9.17, 15) is 14.4 Å². The minimum Gasteiger partial charge on any atom is -0.464 e. The van der Waals surface area contributed by atoms with Crippen molar-refractivity contribution in [1.29, 1.82) is 0 Å². The summed E-state index contributed by atoms with van der Waals surface area (Å²) in [5, 5.41) is 2.42. The van der Waals surface area contributed by atoms with E-state index < -0.39 is 12.1 Å². The fraction of sp³-hybridized carbons (Fsp3) is 0.643. The SMILES string of the molecule is C=C(C)C(=O)OCCOC(=O)NCCOC(=O)C1CC1C. The van der Waals surface area contributed by atoms with E-state index in [1.165, 1.54) is 6.92 Å². The van der Waals surface area contributed by atoms with Gasteiger partial charge in [-0.25, -0.2) is 9.59 Å². The van der Waals surface area contributed by atoms with Gasteiger partial charge in [0.25, 0.3) is 0 Å². The standard InChI is InChI=1S/C14H21NO6/c1-9(2)12(16)20-6-7-21-14(18)15-4-5-19-13(17)11-8-10(11)3/h10-11H,1,4-8H2,2-3H3,(H,15,18). The molecule has 21 heavy (non-hydrogen) atoms. The normalized spacial score (nSPS) is 19.3. The Balaban J connectivity index is 1.95. The molecule has 1 aliphatic rings. The summed E-state index contributed by atoms with van der Waals surface area (Å²) in [7, 11) is 0. The van der Waals surface area contributed by atoms with Gasteiger partial charge in [-0.3, -0.25) is 4.79 Å². The van der Waals surface area contributed by atoms with Crippen molar-refractivity contribution in [2.24, 2.45) is 11.8 Å². The zero-order chi connectivity index (χ0) is 15.8. The highest BCUT2D eigenvalue weighted by atomic mass is 16.6. The van der Waals surface area contributed by atoms with Crippen LogP contribution < -0.4 is 5.32 Å². The van der Waals surface area contributed by atoms with E-state index in [0.717, 1.165) is 6.42 Å². The summed E-state index contributed by atoms with van der Waals surface area (Å²) in [5.41, 5.74) is 0.284. The van der Waals surface area contributed by atoms with Gasteiger partial charge in [0.05, 0.1) is 12.5 Å². The van der Waals surface area contributed by atoms with Crippen molar-refractivity contribution >= 4 is 18.0 Å². The molecule has 0 aliphatic heterocycles. The molecule has 7 nitrogen and oxygen atoms in total. The molecule has 1 saturated carbocycles. The smallest absolute Gasteiger partial charge is 0.407 e. The molecule has 1 amide bonds. The highest BCUT2D eigenvalue weighted by molar-refractivity contribution is 5.86. The summed E-state index contributed by atoms with van der Waals surface area (Å²) >= 11 is 0. The van der Waals surface area contributed by atoms with Crippen molar-refractivity contribution in [2.45, 2.75) is 20.3 Å². The van der Waals surface area contributed by atoms with E-state index >= 15 is 0 Å². The predicted molar refractivity (Wildman–Crippen MR) is 73.4 cm³/mol. The summed E-state index contributed by atoms with van der Waals surface area (Å²) in [6.07, 6.45) is 0.217. The second-order valence-corrected chi connectivity index (χ2v) is 4.97. The lowest BCUT2D eigenvalue weighted by Gasteiger charge is -2.08. The lowest BCUT2D eigenvalue weighted by atomic mass is 10.3. The van der Waals surface area contributed by atoms with Gasteiger partial charge in [-0.15, -0.1) is 0 Å². The van der Waals surface area contributed by atoms with Crippen LogP contribution >= 0.6 is 0 Å². The molecule has 0 saturated heterocycles. The number of amides is 1. The van der Waals surface area contributed by atoms with Crippen molar-refractivity contribution in [3.05, 3.63) is 12.2 Å². The first-order valence-electron chi connectivity index (χ1n) is 6.81. The number of rotatable bonds is 8. The van der Waals surface area contributed by atoms with E-state index in [2.05, 4.69) is 11.9 Å². The Bertz CT molecular complexity index is 420. The first kappa shape index (κ1) is 17.0. The van der Waals surface area contributed by atoms with E-state index in [4.69, 9.17) is 14.2 Å². The molecule has 1 fully saturated rings. The van der Waals surface area contributed by atoms with E-state index in [-0.39, 0.29) is 43.8 Å². The molecular formula is C14H21NO6. The Morgan fingerprint density at radius 2 is 1.76 bits per heavy atom. The minimum atomic E-state index is -0.655. The van der Waals surface area contributed by atoms with Crippen molar-refractivity contribution in [3.8, 4) is 0 Å². The maximum Gasteiger partial charge on any atom is 0.407 e. The van der Waals surface area contributed by atoms with Crippen LogP contribution in [-0.4, -0.2) is 44.4 Å². The summed E-state index contributed by atoms with van der Waals surface area (Å²) in [6, 6.07) is 0. The largest absolute Gasteiger partial charge is 0.464 e. The maximum atomic E-state index is 11.4. The monoisotopic (exact) mass is 299 g/mol. The third-order valence-electron chi connectivity index (χ3n) is 2.93. The van der Waals surface area contributed by atoms with Crippen molar-refractivity contribution in [3.63, 3.8) is 0 Å². The van der Waals surface area contributed by atoms with Gasteiger partial charge in [-0.05, 0) is 19.3 Å². The molecule has 0 aromatic carbocycles. The number of hydrogen-bond acceptors (Lipinski definition) is 6. The van der Waals surface area contributed by atoms with Crippen LogP contribution in [0.5, 0.6) is 0 Å². The zero-order valence-electron chi connectivity index (χ0n) is 12.3. The molecule has 0 aromatic rings. The molecule has 0 bridgehead atoms. The van der Waals surface area contributed by atoms with Crippen LogP contribution in [0.2, 0.25) is 0 Å². The van der Waals surface area contributed by atoms with Crippen molar-refractivity contribution in [2.75, 3.05) is 26.4 Å². The minimum absolute atomic E-state index is 0.0138. The van der Waals surface area contributed by atoms with Crippen LogP contribution in [-0.2, 0) is 23.8 Å². The van der Waals surface area contributed by atoms with Gasteiger partial charge in [-0.2, -0.15) is 0 Å². The Labute approximate surface area is 123 Å². The van der Waals surface area contributed by atoms with E-state index in [1.807, 2.05) is 6.92 Å². The molecule has 1 rings (SSSR count). The molecule has 2 atom stereocenters. The fourth-order valence-electron chi connectivity index (χ4n) is 1.51. The average Bonchev–Trinajstić information content (AvgIpc) is 3.16. The quantitative estimate of drug-likeness (QED) is 0.311. The Kier molecular flexibility index (Phi) is 6.71. The molecule has 118 valence electrons. The molecule has 1 aliphatic carbocycles. The lowest BCUT2D eigenvalue weighted by Crippen LogP contribution is -2.30. The first-order valence-corrected chi connectivity index (χ1v) is 6.81. The molecule has 0 aromatic heterocycles. The van der Waals surface area contributed by atoms with Gasteiger partial charge < -0.3 is 19.5 Å².